The van der Waals surface area contributed by atoms with Crippen LogP contribution in [0, 0.1) is 0 Å². The smallest absolute Gasteiger partial charge is 0.165 e. The van der Waals surface area contributed by atoms with Crippen LogP contribution in [0.25, 0.3) is 0 Å². The van der Waals surface area contributed by atoms with E-state index in [-0.39, 0.29) is 11.7 Å². The van der Waals surface area contributed by atoms with Gasteiger partial charge in [0.05, 0.1) is 13.2 Å². The Hall–Kier alpha value is -0.900. The van der Waals surface area contributed by atoms with Crippen molar-refractivity contribution in [3.05, 3.63) is 33.9 Å². The predicted octanol–water partition coefficient (Wildman–Crippen LogP) is 3.09. The SMILES string of the molecule is CC1(C)O[C@H]2c3c4c(cc5c3[C@@]2(CCC5)O1)COC4. The molecule has 100 valence electrons. The van der Waals surface area contributed by atoms with Crippen molar-refractivity contribution in [3.8, 4) is 0 Å². The number of hydrogen-bond donors (Lipinski definition) is 0. The molecule has 2 aliphatic heterocycles. The van der Waals surface area contributed by atoms with Crippen molar-refractivity contribution in [3.63, 3.8) is 0 Å². The molecule has 2 aliphatic carbocycles. The van der Waals surface area contributed by atoms with Crippen molar-refractivity contribution < 1.29 is 14.2 Å². The van der Waals surface area contributed by atoms with E-state index in [4.69, 9.17) is 14.2 Å². The van der Waals surface area contributed by atoms with E-state index in [1.165, 1.54) is 40.7 Å². The van der Waals surface area contributed by atoms with Gasteiger partial charge >= 0.3 is 0 Å². The maximum absolute atomic E-state index is 6.34. The van der Waals surface area contributed by atoms with Gasteiger partial charge < -0.3 is 14.2 Å². The van der Waals surface area contributed by atoms with Gasteiger partial charge in [0.15, 0.2) is 5.79 Å². The van der Waals surface area contributed by atoms with Crippen LogP contribution in [0.15, 0.2) is 6.07 Å². The molecule has 3 heteroatoms. The Labute approximate surface area is 112 Å². The first-order valence-corrected chi connectivity index (χ1v) is 7.24. The van der Waals surface area contributed by atoms with Crippen molar-refractivity contribution in [2.24, 2.45) is 0 Å². The van der Waals surface area contributed by atoms with Crippen molar-refractivity contribution in [2.75, 3.05) is 0 Å². The molecule has 4 aliphatic rings. The van der Waals surface area contributed by atoms with Gasteiger partial charge in [-0.05, 0) is 60.9 Å². The summed E-state index contributed by atoms with van der Waals surface area (Å²) in [6.07, 6.45) is 3.60. The number of ether oxygens (including phenoxy) is 3. The third kappa shape index (κ3) is 1.12. The molecule has 1 aromatic rings. The summed E-state index contributed by atoms with van der Waals surface area (Å²) in [6, 6.07) is 2.35. The Balaban J connectivity index is 1.79. The summed E-state index contributed by atoms with van der Waals surface area (Å²) >= 11 is 0. The van der Waals surface area contributed by atoms with E-state index >= 15 is 0 Å². The van der Waals surface area contributed by atoms with Crippen LogP contribution in [-0.2, 0) is 39.4 Å². The largest absolute Gasteiger partial charge is 0.372 e. The molecule has 1 aromatic carbocycles. The fourth-order valence-electron chi connectivity index (χ4n) is 4.56. The number of aryl methyl sites for hydroxylation is 1. The third-order valence-corrected chi connectivity index (χ3v) is 5.09. The zero-order chi connectivity index (χ0) is 12.8. The summed E-state index contributed by atoms with van der Waals surface area (Å²) in [5, 5.41) is 0. The molecule has 0 unspecified atom stereocenters. The highest BCUT2D eigenvalue weighted by Gasteiger charge is 2.65. The lowest BCUT2D eigenvalue weighted by atomic mass is 9.61. The second-order valence-corrected chi connectivity index (χ2v) is 6.70. The lowest BCUT2D eigenvalue weighted by Gasteiger charge is -2.49. The zero-order valence-electron chi connectivity index (χ0n) is 11.4. The fourth-order valence-corrected chi connectivity index (χ4v) is 4.56. The van der Waals surface area contributed by atoms with Gasteiger partial charge in [0.25, 0.3) is 0 Å². The highest BCUT2D eigenvalue weighted by Crippen LogP contribution is 2.66. The standard InChI is InChI=1S/C16H18O3/c1-15(2)18-14-12-11-8-17-7-10(11)6-9-4-3-5-16(14,19-15)13(9)12/h6,14H,3-5,7-8H2,1-2H3/t14-,16+/m0/s1. The molecule has 5 rings (SSSR count). The van der Waals surface area contributed by atoms with Gasteiger partial charge in [-0.1, -0.05) is 6.07 Å². The minimum atomic E-state index is -0.468. The molecule has 1 fully saturated rings. The van der Waals surface area contributed by atoms with Gasteiger partial charge in [-0.2, -0.15) is 0 Å². The maximum Gasteiger partial charge on any atom is 0.165 e. The van der Waals surface area contributed by atoms with E-state index < -0.39 is 5.79 Å². The first kappa shape index (κ1) is 10.8. The quantitative estimate of drug-likeness (QED) is 0.715. The average Bonchev–Trinajstić information content (AvgIpc) is 2.87. The summed E-state index contributed by atoms with van der Waals surface area (Å²) in [6.45, 7) is 5.57. The van der Waals surface area contributed by atoms with Gasteiger partial charge in [0.1, 0.15) is 11.7 Å². The van der Waals surface area contributed by atoms with Crippen LogP contribution in [0.2, 0.25) is 0 Å². The predicted molar refractivity (Wildman–Crippen MR) is 68.5 cm³/mol. The van der Waals surface area contributed by atoms with Crippen molar-refractivity contribution in [1.82, 2.24) is 0 Å². The monoisotopic (exact) mass is 258 g/mol. The summed E-state index contributed by atoms with van der Waals surface area (Å²) in [5.74, 6) is -0.468. The molecular formula is C16H18O3. The van der Waals surface area contributed by atoms with Crippen LogP contribution in [0.5, 0.6) is 0 Å². The van der Waals surface area contributed by atoms with E-state index in [0.29, 0.717) is 0 Å². The van der Waals surface area contributed by atoms with E-state index in [1.807, 2.05) is 13.8 Å². The highest BCUT2D eigenvalue weighted by atomic mass is 16.8. The van der Waals surface area contributed by atoms with Crippen LogP contribution in [0.4, 0.5) is 0 Å². The number of hydrogen-bond acceptors (Lipinski definition) is 3. The normalized spacial score (nSPS) is 36.4. The maximum atomic E-state index is 6.34. The molecule has 0 saturated carbocycles. The Morgan fingerprint density at radius 1 is 1.21 bits per heavy atom. The molecule has 19 heavy (non-hydrogen) atoms. The first-order chi connectivity index (χ1) is 9.11. The van der Waals surface area contributed by atoms with E-state index in [2.05, 4.69) is 6.07 Å². The van der Waals surface area contributed by atoms with Crippen molar-refractivity contribution >= 4 is 0 Å². The Kier molecular flexibility index (Phi) is 1.74. The lowest BCUT2D eigenvalue weighted by molar-refractivity contribution is -0.165. The topological polar surface area (TPSA) is 27.7 Å². The Morgan fingerprint density at radius 2 is 2.11 bits per heavy atom. The van der Waals surface area contributed by atoms with Gasteiger partial charge in [0.2, 0.25) is 0 Å². The van der Waals surface area contributed by atoms with Crippen LogP contribution in [0.3, 0.4) is 0 Å². The second kappa shape index (κ2) is 3.05. The summed E-state index contributed by atoms with van der Waals surface area (Å²) in [4.78, 5) is 0. The number of benzene rings is 1. The van der Waals surface area contributed by atoms with Gasteiger partial charge in [0, 0.05) is 0 Å². The van der Waals surface area contributed by atoms with Crippen LogP contribution in [0.1, 0.15) is 60.6 Å². The second-order valence-electron chi connectivity index (χ2n) is 6.70. The molecule has 0 N–H and O–H groups in total. The van der Waals surface area contributed by atoms with Gasteiger partial charge in [-0.15, -0.1) is 0 Å². The Bertz CT molecular complexity index is 605. The number of fused-ring (bicyclic) bond motifs is 3. The lowest BCUT2D eigenvalue weighted by Crippen LogP contribution is -2.46. The van der Waals surface area contributed by atoms with E-state index in [0.717, 1.165) is 19.6 Å². The fraction of sp³-hybridized carbons (Fsp3) is 0.625. The molecule has 1 spiro atoms. The molecule has 3 nitrogen and oxygen atoms in total. The third-order valence-electron chi connectivity index (χ3n) is 5.09. The summed E-state index contributed by atoms with van der Waals surface area (Å²) < 4.78 is 18.2. The average molecular weight is 258 g/mol. The molecule has 2 heterocycles. The summed E-state index contributed by atoms with van der Waals surface area (Å²) in [7, 11) is 0. The summed E-state index contributed by atoms with van der Waals surface area (Å²) in [5.41, 5.74) is 6.92. The number of rotatable bonds is 0. The first-order valence-electron chi connectivity index (χ1n) is 7.24. The minimum Gasteiger partial charge on any atom is -0.372 e. The molecule has 0 amide bonds. The van der Waals surface area contributed by atoms with Crippen molar-refractivity contribution in [2.45, 2.75) is 63.8 Å². The van der Waals surface area contributed by atoms with Crippen molar-refractivity contribution in [1.29, 1.82) is 0 Å². The van der Waals surface area contributed by atoms with Crippen LogP contribution >= 0.6 is 0 Å². The minimum absolute atomic E-state index is 0.133. The molecular weight excluding hydrogens is 240 g/mol. The molecule has 0 radical (unpaired) electrons. The molecule has 1 saturated heterocycles. The van der Waals surface area contributed by atoms with Crippen LogP contribution < -0.4 is 0 Å². The molecule has 0 bridgehead atoms. The van der Waals surface area contributed by atoms with Gasteiger partial charge in [-0.3, -0.25) is 0 Å². The zero-order valence-corrected chi connectivity index (χ0v) is 11.4. The molecule has 2 atom stereocenters. The highest BCUT2D eigenvalue weighted by molar-refractivity contribution is 5.60. The van der Waals surface area contributed by atoms with E-state index in [9.17, 15) is 0 Å². The van der Waals surface area contributed by atoms with Gasteiger partial charge in [-0.25, -0.2) is 0 Å². The van der Waals surface area contributed by atoms with E-state index in [1.54, 1.807) is 0 Å². The van der Waals surface area contributed by atoms with Crippen LogP contribution in [-0.4, -0.2) is 5.79 Å². The Morgan fingerprint density at radius 3 is 3.00 bits per heavy atom. The molecule has 0 aromatic heterocycles.